The van der Waals surface area contributed by atoms with E-state index in [9.17, 15) is 23.6 Å². The lowest BCUT2D eigenvalue weighted by Crippen LogP contribution is -2.34. The molecular formula is C28H20F2N4O3. The van der Waals surface area contributed by atoms with Crippen LogP contribution in [-0.2, 0) is 6.54 Å². The third-order valence-corrected chi connectivity index (χ3v) is 5.86. The van der Waals surface area contributed by atoms with Crippen LogP contribution in [0.4, 0.5) is 20.2 Å². The lowest BCUT2D eigenvalue weighted by Gasteiger charge is -2.16. The van der Waals surface area contributed by atoms with Crippen LogP contribution in [0.5, 0.6) is 0 Å². The lowest BCUT2D eigenvalue weighted by molar-refractivity contribution is 0.0944. The van der Waals surface area contributed by atoms with E-state index >= 15 is 0 Å². The molecule has 0 aliphatic heterocycles. The molecule has 0 radical (unpaired) electrons. The molecule has 0 spiro atoms. The van der Waals surface area contributed by atoms with E-state index < -0.39 is 28.7 Å². The van der Waals surface area contributed by atoms with E-state index in [0.717, 1.165) is 17.2 Å². The van der Waals surface area contributed by atoms with Gasteiger partial charge in [0.15, 0.2) is 5.65 Å². The number of rotatable bonds is 6. The van der Waals surface area contributed by atoms with E-state index in [2.05, 4.69) is 15.6 Å². The van der Waals surface area contributed by atoms with Gasteiger partial charge in [0, 0.05) is 35.4 Å². The smallest absolute Gasteiger partial charge is 0.299 e. The normalized spacial score (nSPS) is 10.9. The van der Waals surface area contributed by atoms with E-state index in [1.165, 1.54) is 12.3 Å². The molecule has 0 aliphatic carbocycles. The van der Waals surface area contributed by atoms with Crippen LogP contribution in [0.2, 0.25) is 0 Å². The number of pyridine rings is 2. The van der Waals surface area contributed by atoms with Gasteiger partial charge in [-0.15, -0.1) is 4.73 Å². The molecule has 0 saturated heterocycles. The number of benzene rings is 3. The molecule has 0 bridgehead atoms. The fourth-order valence-electron chi connectivity index (χ4n) is 3.99. The highest BCUT2D eigenvalue weighted by Gasteiger charge is 2.23. The highest BCUT2D eigenvalue weighted by molar-refractivity contribution is 6.07. The quantitative estimate of drug-likeness (QED) is 0.278. The van der Waals surface area contributed by atoms with Gasteiger partial charge in [0.1, 0.15) is 17.2 Å². The first kappa shape index (κ1) is 23.7. The van der Waals surface area contributed by atoms with Gasteiger partial charge in [-0.25, -0.2) is 13.8 Å². The summed E-state index contributed by atoms with van der Waals surface area (Å²) in [5, 5.41) is 16.3. The number of anilines is 2. The van der Waals surface area contributed by atoms with E-state index in [-0.39, 0.29) is 23.4 Å². The number of nitrogens with one attached hydrogen (secondary N) is 2. The summed E-state index contributed by atoms with van der Waals surface area (Å²) in [6, 6.07) is 23.3. The zero-order chi connectivity index (χ0) is 25.9. The number of hydrogen-bond donors (Lipinski definition) is 3. The topological polar surface area (TPSA) is 96.2 Å². The summed E-state index contributed by atoms with van der Waals surface area (Å²) >= 11 is 0. The largest absolute Gasteiger partial charge is 0.423 e. The van der Waals surface area contributed by atoms with Crippen molar-refractivity contribution < 1.29 is 18.8 Å². The first-order valence-electron chi connectivity index (χ1n) is 11.3. The summed E-state index contributed by atoms with van der Waals surface area (Å²) in [6.45, 7) is -0.299. The van der Waals surface area contributed by atoms with Crippen molar-refractivity contribution in [3.05, 3.63) is 124 Å². The number of hydrogen-bond acceptors (Lipinski definition) is 5. The van der Waals surface area contributed by atoms with Crippen LogP contribution < -0.4 is 16.2 Å². The van der Waals surface area contributed by atoms with Crippen molar-refractivity contribution >= 4 is 28.3 Å². The van der Waals surface area contributed by atoms with Gasteiger partial charge < -0.3 is 15.8 Å². The van der Waals surface area contributed by atoms with Crippen molar-refractivity contribution in [1.82, 2.24) is 15.0 Å². The van der Waals surface area contributed by atoms with Crippen LogP contribution in [0.15, 0.2) is 95.9 Å². The Morgan fingerprint density at radius 3 is 2.38 bits per heavy atom. The lowest BCUT2D eigenvalue weighted by atomic mass is 10.1. The van der Waals surface area contributed by atoms with Crippen LogP contribution in [-0.4, -0.2) is 20.8 Å². The van der Waals surface area contributed by atoms with Gasteiger partial charge in [-0.05, 0) is 41.5 Å². The highest BCUT2D eigenvalue weighted by atomic mass is 19.1. The Morgan fingerprint density at radius 2 is 1.65 bits per heavy atom. The predicted molar refractivity (Wildman–Crippen MR) is 136 cm³/mol. The zero-order valence-corrected chi connectivity index (χ0v) is 19.3. The van der Waals surface area contributed by atoms with Crippen LogP contribution >= 0.6 is 0 Å². The molecule has 0 aliphatic rings. The molecule has 184 valence electrons. The van der Waals surface area contributed by atoms with Crippen molar-refractivity contribution in [2.75, 3.05) is 5.32 Å². The minimum absolute atomic E-state index is 0.0348. The van der Waals surface area contributed by atoms with Crippen LogP contribution in [0.3, 0.4) is 0 Å². The average Bonchev–Trinajstić information content (AvgIpc) is 2.92. The molecule has 1 amide bonds. The standard InChI is InChI=1S/C28H20F2N4O3/c29-20-11-8-19(23(30)15-20)16-32-27(35)24-25(22-7-4-14-31-26(22)34(37)28(24)36)33-21-12-9-18(10-13-21)17-5-2-1-3-6-17/h1-15,33,37H,16H2,(H,32,35). The summed E-state index contributed by atoms with van der Waals surface area (Å²) in [5.74, 6) is -2.44. The second kappa shape index (κ2) is 9.90. The van der Waals surface area contributed by atoms with Crippen molar-refractivity contribution in [3.8, 4) is 11.1 Å². The highest BCUT2D eigenvalue weighted by Crippen LogP contribution is 2.29. The molecule has 0 saturated carbocycles. The minimum Gasteiger partial charge on any atom is -0.423 e. The van der Waals surface area contributed by atoms with Crippen molar-refractivity contribution in [2.24, 2.45) is 0 Å². The second-order valence-electron chi connectivity index (χ2n) is 8.23. The van der Waals surface area contributed by atoms with Gasteiger partial charge in [-0.1, -0.05) is 48.5 Å². The van der Waals surface area contributed by atoms with Crippen LogP contribution in [0.1, 0.15) is 15.9 Å². The molecule has 5 aromatic rings. The third-order valence-electron chi connectivity index (χ3n) is 5.86. The molecule has 3 N–H and O–H groups in total. The van der Waals surface area contributed by atoms with Gasteiger partial charge in [-0.2, -0.15) is 0 Å². The number of nitrogens with zero attached hydrogens (tertiary/aromatic N) is 2. The molecule has 0 atom stereocenters. The summed E-state index contributed by atoms with van der Waals surface area (Å²) in [6.07, 6.45) is 1.41. The third kappa shape index (κ3) is 4.74. The monoisotopic (exact) mass is 498 g/mol. The molecule has 0 fully saturated rings. The van der Waals surface area contributed by atoms with E-state index in [1.54, 1.807) is 24.3 Å². The first-order chi connectivity index (χ1) is 17.9. The maximum absolute atomic E-state index is 14.1. The molecule has 37 heavy (non-hydrogen) atoms. The molecule has 0 unspecified atom stereocenters. The Morgan fingerprint density at radius 1 is 0.919 bits per heavy atom. The van der Waals surface area contributed by atoms with Gasteiger partial charge in [-0.3, -0.25) is 9.59 Å². The molecule has 3 aromatic carbocycles. The summed E-state index contributed by atoms with van der Waals surface area (Å²) in [5.41, 5.74) is 1.30. The minimum atomic E-state index is -1.01. The number of carbonyl (C=O) groups is 1. The molecule has 5 rings (SSSR count). The van der Waals surface area contributed by atoms with Crippen LogP contribution in [0.25, 0.3) is 22.2 Å². The zero-order valence-electron chi connectivity index (χ0n) is 19.3. The Bertz CT molecular complexity index is 1670. The molecule has 7 nitrogen and oxygen atoms in total. The molecular weight excluding hydrogens is 478 g/mol. The Labute approximate surface area is 209 Å². The molecule has 2 aromatic heterocycles. The number of carbonyl (C=O) groups excluding carboxylic acids is 1. The summed E-state index contributed by atoms with van der Waals surface area (Å²) in [7, 11) is 0. The van der Waals surface area contributed by atoms with Gasteiger partial charge in [0.05, 0.1) is 5.69 Å². The summed E-state index contributed by atoms with van der Waals surface area (Å²) in [4.78, 5) is 30.3. The van der Waals surface area contributed by atoms with Crippen molar-refractivity contribution in [1.29, 1.82) is 0 Å². The number of halogens is 2. The predicted octanol–water partition coefficient (Wildman–Crippen LogP) is 5.25. The van der Waals surface area contributed by atoms with E-state index in [0.29, 0.717) is 21.9 Å². The average molecular weight is 498 g/mol. The Kier molecular flexibility index (Phi) is 6.34. The maximum Gasteiger partial charge on any atom is 0.299 e. The van der Waals surface area contributed by atoms with Gasteiger partial charge in [0.2, 0.25) is 0 Å². The second-order valence-corrected chi connectivity index (χ2v) is 8.23. The van der Waals surface area contributed by atoms with Gasteiger partial charge >= 0.3 is 0 Å². The fourth-order valence-corrected chi connectivity index (χ4v) is 3.99. The molecule has 2 heterocycles. The number of amides is 1. The molecule has 9 heteroatoms. The fraction of sp³-hybridized carbons (Fsp3) is 0.0357. The SMILES string of the molecule is O=C(NCc1ccc(F)cc1F)c1c(Nc2ccc(-c3ccccc3)cc2)c2cccnc2n(O)c1=O. The first-order valence-corrected chi connectivity index (χ1v) is 11.3. The van der Waals surface area contributed by atoms with E-state index in [1.807, 2.05) is 42.5 Å². The maximum atomic E-state index is 14.1. The summed E-state index contributed by atoms with van der Waals surface area (Å²) < 4.78 is 27.6. The van der Waals surface area contributed by atoms with Crippen molar-refractivity contribution in [3.63, 3.8) is 0 Å². The van der Waals surface area contributed by atoms with E-state index in [4.69, 9.17) is 0 Å². The van der Waals surface area contributed by atoms with Crippen LogP contribution in [0, 0.1) is 11.6 Å². The Balaban J connectivity index is 1.52. The number of fused-ring (bicyclic) bond motifs is 1. The number of aromatic nitrogens is 2. The van der Waals surface area contributed by atoms with Gasteiger partial charge in [0.25, 0.3) is 11.5 Å². The van der Waals surface area contributed by atoms with Crippen molar-refractivity contribution in [2.45, 2.75) is 6.54 Å². The Hall–Kier alpha value is -5.05.